The summed E-state index contributed by atoms with van der Waals surface area (Å²) in [7, 11) is 0. The molecule has 0 aliphatic carbocycles. The summed E-state index contributed by atoms with van der Waals surface area (Å²) in [6.07, 6.45) is 7.07. The molecule has 0 spiro atoms. The third-order valence-electron chi connectivity index (χ3n) is 4.70. The standard InChI is InChI=1S/C19H33N5/c1-4-20-19(23-15-18-16(2)9-7-11-21-18)22-12-8-14-24-13-6-5-10-17(24)3/h7,9,11,17H,4-6,8,10,12-15H2,1-3H3,(H2,20,22,23). The summed E-state index contributed by atoms with van der Waals surface area (Å²) in [5, 5.41) is 6.77. The lowest BCUT2D eigenvalue weighted by molar-refractivity contribution is 0.159. The Kier molecular flexibility index (Phi) is 8.02. The van der Waals surface area contributed by atoms with Crippen molar-refractivity contribution in [2.75, 3.05) is 26.2 Å². The summed E-state index contributed by atoms with van der Waals surface area (Å²) in [4.78, 5) is 11.7. The maximum atomic E-state index is 4.66. The molecule has 1 unspecified atom stereocenters. The van der Waals surface area contributed by atoms with Gasteiger partial charge in [0.1, 0.15) is 0 Å². The highest BCUT2D eigenvalue weighted by Crippen LogP contribution is 2.16. The van der Waals surface area contributed by atoms with Crippen LogP contribution in [0.3, 0.4) is 0 Å². The largest absolute Gasteiger partial charge is 0.357 e. The van der Waals surface area contributed by atoms with Gasteiger partial charge in [-0.1, -0.05) is 12.5 Å². The highest BCUT2D eigenvalue weighted by Gasteiger charge is 2.17. The molecule has 0 aromatic carbocycles. The lowest BCUT2D eigenvalue weighted by atomic mass is 10.0. The Balaban J connectivity index is 1.76. The van der Waals surface area contributed by atoms with Gasteiger partial charge in [-0.25, -0.2) is 4.99 Å². The van der Waals surface area contributed by atoms with E-state index in [1.54, 1.807) is 0 Å². The van der Waals surface area contributed by atoms with Crippen LogP contribution in [0.4, 0.5) is 0 Å². The fourth-order valence-electron chi connectivity index (χ4n) is 3.16. The summed E-state index contributed by atoms with van der Waals surface area (Å²) < 4.78 is 0. The van der Waals surface area contributed by atoms with Gasteiger partial charge in [0, 0.05) is 31.9 Å². The van der Waals surface area contributed by atoms with E-state index >= 15 is 0 Å². The maximum absolute atomic E-state index is 4.66. The van der Waals surface area contributed by atoms with Gasteiger partial charge in [-0.2, -0.15) is 0 Å². The van der Waals surface area contributed by atoms with E-state index in [-0.39, 0.29) is 0 Å². The molecular formula is C19H33N5. The second-order valence-corrected chi connectivity index (χ2v) is 6.62. The van der Waals surface area contributed by atoms with Crippen molar-refractivity contribution >= 4 is 5.96 Å². The number of nitrogens with zero attached hydrogens (tertiary/aromatic N) is 3. The van der Waals surface area contributed by atoms with Gasteiger partial charge in [-0.15, -0.1) is 0 Å². The van der Waals surface area contributed by atoms with Crippen molar-refractivity contribution in [1.29, 1.82) is 0 Å². The predicted octanol–water partition coefficient (Wildman–Crippen LogP) is 2.71. The number of aromatic nitrogens is 1. The molecule has 1 fully saturated rings. The summed E-state index contributed by atoms with van der Waals surface area (Å²) in [6, 6.07) is 4.79. The lowest BCUT2D eigenvalue weighted by Crippen LogP contribution is -2.41. The van der Waals surface area contributed by atoms with E-state index in [1.807, 2.05) is 12.3 Å². The minimum absolute atomic E-state index is 0.616. The number of aliphatic imine (C=N–C) groups is 1. The molecule has 0 saturated carbocycles. The number of hydrogen-bond donors (Lipinski definition) is 2. The van der Waals surface area contributed by atoms with Crippen LogP contribution in [0.5, 0.6) is 0 Å². The van der Waals surface area contributed by atoms with Crippen molar-refractivity contribution in [2.45, 2.75) is 59.0 Å². The van der Waals surface area contributed by atoms with Crippen LogP contribution in [0, 0.1) is 6.92 Å². The number of hydrogen-bond acceptors (Lipinski definition) is 3. The predicted molar refractivity (Wildman–Crippen MR) is 101 cm³/mol. The first-order valence-electron chi connectivity index (χ1n) is 9.37. The van der Waals surface area contributed by atoms with Gasteiger partial charge in [0.2, 0.25) is 0 Å². The molecule has 0 radical (unpaired) electrons. The summed E-state index contributed by atoms with van der Waals surface area (Å²) in [6.45, 7) is 11.4. The van der Waals surface area contributed by atoms with Gasteiger partial charge in [0.15, 0.2) is 5.96 Å². The lowest BCUT2D eigenvalue weighted by Gasteiger charge is -2.33. The van der Waals surface area contributed by atoms with Gasteiger partial charge in [0.25, 0.3) is 0 Å². The van der Waals surface area contributed by atoms with Gasteiger partial charge >= 0.3 is 0 Å². The molecule has 134 valence electrons. The average Bonchev–Trinajstić information content (AvgIpc) is 2.59. The fourth-order valence-corrected chi connectivity index (χ4v) is 3.16. The van der Waals surface area contributed by atoms with E-state index in [1.165, 1.54) is 37.9 Å². The maximum Gasteiger partial charge on any atom is 0.191 e. The Morgan fingerprint density at radius 1 is 1.38 bits per heavy atom. The summed E-state index contributed by atoms with van der Waals surface area (Å²) >= 11 is 0. The van der Waals surface area contributed by atoms with E-state index < -0.39 is 0 Å². The molecule has 1 aliphatic rings. The van der Waals surface area contributed by atoms with Gasteiger partial charge in [0.05, 0.1) is 12.2 Å². The molecule has 1 aromatic rings. The number of likely N-dealkylation sites (tertiary alicyclic amines) is 1. The van der Waals surface area contributed by atoms with Gasteiger partial charge < -0.3 is 15.5 Å². The highest BCUT2D eigenvalue weighted by molar-refractivity contribution is 5.79. The van der Waals surface area contributed by atoms with Crippen molar-refractivity contribution < 1.29 is 0 Å². The monoisotopic (exact) mass is 331 g/mol. The smallest absolute Gasteiger partial charge is 0.191 e. The van der Waals surface area contributed by atoms with E-state index in [0.29, 0.717) is 6.54 Å². The van der Waals surface area contributed by atoms with Crippen LogP contribution in [0.15, 0.2) is 23.3 Å². The van der Waals surface area contributed by atoms with E-state index in [2.05, 4.69) is 52.3 Å². The van der Waals surface area contributed by atoms with Crippen molar-refractivity contribution in [3.8, 4) is 0 Å². The van der Waals surface area contributed by atoms with Crippen molar-refractivity contribution in [2.24, 2.45) is 4.99 Å². The third kappa shape index (κ3) is 6.11. The molecule has 0 bridgehead atoms. The SMILES string of the molecule is CCNC(=NCc1ncccc1C)NCCCN1CCCCC1C. The third-order valence-corrected chi connectivity index (χ3v) is 4.70. The zero-order valence-electron chi connectivity index (χ0n) is 15.5. The normalized spacial score (nSPS) is 19.3. The number of piperidine rings is 1. The van der Waals surface area contributed by atoms with Crippen molar-refractivity contribution in [3.05, 3.63) is 29.6 Å². The number of nitrogens with one attached hydrogen (secondary N) is 2. The molecule has 1 atom stereocenters. The molecule has 5 heteroatoms. The topological polar surface area (TPSA) is 52.6 Å². The Labute approximate surface area is 147 Å². The molecule has 1 saturated heterocycles. The second-order valence-electron chi connectivity index (χ2n) is 6.62. The van der Waals surface area contributed by atoms with E-state index in [9.17, 15) is 0 Å². The molecule has 2 rings (SSSR count). The highest BCUT2D eigenvalue weighted by atomic mass is 15.2. The molecular weight excluding hydrogens is 298 g/mol. The molecule has 1 aliphatic heterocycles. The summed E-state index contributed by atoms with van der Waals surface area (Å²) in [5.41, 5.74) is 2.23. The van der Waals surface area contributed by atoms with Gasteiger partial charge in [-0.3, -0.25) is 4.98 Å². The Morgan fingerprint density at radius 3 is 3.00 bits per heavy atom. The number of rotatable bonds is 7. The minimum Gasteiger partial charge on any atom is -0.357 e. The molecule has 0 amide bonds. The van der Waals surface area contributed by atoms with Crippen LogP contribution in [0.1, 0.15) is 50.8 Å². The van der Waals surface area contributed by atoms with Crippen LogP contribution >= 0.6 is 0 Å². The quantitative estimate of drug-likeness (QED) is 0.458. The number of guanidine groups is 1. The average molecular weight is 332 g/mol. The Morgan fingerprint density at radius 2 is 2.25 bits per heavy atom. The fraction of sp³-hybridized carbons (Fsp3) is 0.684. The minimum atomic E-state index is 0.616. The van der Waals surface area contributed by atoms with Gasteiger partial charge in [-0.05, 0) is 58.2 Å². The first kappa shape index (κ1) is 18.7. The molecule has 2 heterocycles. The Bertz CT molecular complexity index is 514. The van der Waals surface area contributed by atoms with Crippen molar-refractivity contribution in [1.82, 2.24) is 20.5 Å². The summed E-state index contributed by atoms with van der Waals surface area (Å²) in [5.74, 6) is 0.884. The zero-order valence-corrected chi connectivity index (χ0v) is 15.5. The van der Waals surface area contributed by atoms with Crippen molar-refractivity contribution in [3.63, 3.8) is 0 Å². The molecule has 2 N–H and O–H groups in total. The Hall–Kier alpha value is -1.62. The second kappa shape index (κ2) is 10.3. The van der Waals surface area contributed by atoms with Crippen LogP contribution < -0.4 is 10.6 Å². The molecule has 24 heavy (non-hydrogen) atoms. The first-order chi connectivity index (χ1) is 11.7. The van der Waals surface area contributed by atoms with Crippen LogP contribution in [-0.2, 0) is 6.54 Å². The van der Waals surface area contributed by atoms with Crippen LogP contribution in [-0.4, -0.2) is 48.1 Å². The van der Waals surface area contributed by atoms with E-state index in [0.717, 1.165) is 37.2 Å². The van der Waals surface area contributed by atoms with Crippen LogP contribution in [0.2, 0.25) is 0 Å². The molecule has 1 aromatic heterocycles. The number of pyridine rings is 1. The first-order valence-corrected chi connectivity index (χ1v) is 9.37. The van der Waals surface area contributed by atoms with Crippen LogP contribution in [0.25, 0.3) is 0 Å². The molecule has 5 nitrogen and oxygen atoms in total. The number of aryl methyl sites for hydroxylation is 1. The van der Waals surface area contributed by atoms with E-state index in [4.69, 9.17) is 0 Å². The zero-order chi connectivity index (χ0) is 17.2.